The van der Waals surface area contributed by atoms with Gasteiger partial charge in [0.05, 0.1) is 15.2 Å². The van der Waals surface area contributed by atoms with Crippen molar-refractivity contribution >= 4 is 54.9 Å². The Bertz CT molecular complexity index is 737. The molecular formula is C13H10BrN3S2. The highest BCUT2D eigenvalue weighted by Gasteiger charge is 2.08. The Balaban J connectivity index is 1.99. The second-order valence-corrected chi connectivity index (χ2v) is 7.22. The number of thiazole rings is 1. The molecule has 0 bridgehead atoms. The zero-order valence-corrected chi connectivity index (χ0v) is 13.3. The van der Waals surface area contributed by atoms with Crippen LogP contribution in [0.4, 0.5) is 5.69 Å². The van der Waals surface area contributed by atoms with Gasteiger partial charge in [0.25, 0.3) is 0 Å². The van der Waals surface area contributed by atoms with Crippen LogP contribution >= 0.6 is 39.0 Å². The van der Waals surface area contributed by atoms with E-state index in [4.69, 9.17) is 5.73 Å². The second kappa shape index (κ2) is 5.11. The van der Waals surface area contributed by atoms with Crippen LogP contribution in [-0.2, 0) is 0 Å². The molecule has 0 aliphatic rings. The fourth-order valence-corrected chi connectivity index (χ4v) is 3.62. The molecule has 96 valence electrons. The summed E-state index contributed by atoms with van der Waals surface area (Å²) >= 11 is 6.59. The molecule has 0 spiro atoms. The number of hydrogen-bond acceptors (Lipinski definition) is 5. The standard InChI is InChI=1S/C13H10BrN3S2/c1-7-17-10-5-11(9(15)4-12(10)18-7)19-13-3-2-8(14)6-16-13/h2-6H,15H2,1H3. The van der Waals surface area contributed by atoms with Crippen molar-refractivity contribution in [2.75, 3.05) is 5.73 Å². The number of pyridine rings is 1. The number of nitrogen functional groups attached to an aromatic ring is 1. The SMILES string of the molecule is Cc1nc2cc(Sc3ccc(Br)cn3)c(N)cc2s1. The van der Waals surface area contributed by atoms with Crippen LogP contribution in [0.1, 0.15) is 5.01 Å². The number of anilines is 1. The molecule has 3 aromatic rings. The molecule has 2 heterocycles. The van der Waals surface area contributed by atoms with Crippen LogP contribution in [0.15, 0.2) is 44.9 Å². The van der Waals surface area contributed by atoms with Gasteiger partial charge in [0, 0.05) is 21.3 Å². The molecule has 1 aromatic carbocycles. The van der Waals surface area contributed by atoms with Crippen molar-refractivity contribution < 1.29 is 0 Å². The van der Waals surface area contributed by atoms with Crippen LogP contribution in [0.3, 0.4) is 0 Å². The van der Waals surface area contributed by atoms with Gasteiger partial charge < -0.3 is 5.73 Å². The average Bonchev–Trinajstić information content (AvgIpc) is 2.72. The zero-order chi connectivity index (χ0) is 13.4. The summed E-state index contributed by atoms with van der Waals surface area (Å²) in [6.07, 6.45) is 1.78. The lowest BCUT2D eigenvalue weighted by Crippen LogP contribution is -1.89. The van der Waals surface area contributed by atoms with Crippen molar-refractivity contribution in [3.63, 3.8) is 0 Å². The summed E-state index contributed by atoms with van der Waals surface area (Å²) in [4.78, 5) is 9.83. The molecule has 0 amide bonds. The van der Waals surface area contributed by atoms with E-state index in [1.54, 1.807) is 29.3 Å². The fourth-order valence-electron chi connectivity index (χ4n) is 1.71. The Labute approximate surface area is 127 Å². The minimum atomic E-state index is 0.769. The molecule has 19 heavy (non-hydrogen) atoms. The third kappa shape index (κ3) is 2.75. The van der Waals surface area contributed by atoms with Crippen LogP contribution in [0.25, 0.3) is 10.2 Å². The number of nitrogens with zero attached hydrogens (tertiary/aromatic N) is 2. The second-order valence-electron chi connectivity index (χ2n) is 4.01. The van der Waals surface area contributed by atoms with Gasteiger partial charge in [-0.15, -0.1) is 11.3 Å². The zero-order valence-electron chi connectivity index (χ0n) is 10.1. The van der Waals surface area contributed by atoms with Gasteiger partial charge in [-0.1, -0.05) is 11.8 Å². The lowest BCUT2D eigenvalue weighted by atomic mass is 10.3. The highest BCUT2D eigenvalue weighted by atomic mass is 79.9. The van der Waals surface area contributed by atoms with E-state index in [9.17, 15) is 0 Å². The molecule has 0 aliphatic carbocycles. The van der Waals surface area contributed by atoms with E-state index in [-0.39, 0.29) is 0 Å². The molecule has 0 radical (unpaired) electrons. The minimum absolute atomic E-state index is 0.769. The number of fused-ring (bicyclic) bond motifs is 1. The smallest absolute Gasteiger partial charge is 0.101 e. The molecule has 0 atom stereocenters. The molecule has 0 fully saturated rings. The van der Waals surface area contributed by atoms with Gasteiger partial charge in [-0.05, 0) is 47.1 Å². The van der Waals surface area contributed by atoms with Gasteiger partial charge in [0.2, 0.25) is 0 Å². The summed E-state index contributed by atoms with van der Waals surface area (Å²) in [5.74, 6) is 0. The molecular weight excluding hydrogens is 342 g/mol. The van der Waals surface area contributed by atoms with Crippen molar-refractivity contribution in [1.82, 2.24) is 9.97 Å². The number of aromatic nitrogens is 2. The highest BCUT2D eigenvalue weighted by molar-refractivity contribution is 9.10. The summed E-state index contributed by atoms with van der Waals surface area (Å²) in [6, 6.07) is 7.95. The lowest BCUT2D eigenvalue weighted by molar-refractivity contribution is 1.12. The maximum Gasteiger partial charge on any atom is 0.101 e. The minimum Gasteiger partial charge on any atom is -0.398 e. The first-order valence-electron chi connectivity index (χ1n) is 5.58. The maximum atomic E-state index is 6.09. The number of halogens is 1. The van der Waals surface area contributed by atoms with E-state index >= 15 is 0 Å². The van der Waals surface area contributed by atoms with E-state index in [2.05, 4.69) is 25.9 Å². The van der Waals surface area contributed by atoms with E-state index in [1.165, 1.54) is 0 Å². The topological polar surface area (TPSA) is 51.8 Å². The monoisotopic (exact) mass is 351 g/mol. The molecule has 0 saturated heterocycles. The maximum absolute atomic E-state index is 6.09. The van der Waals surface area contributed by atoms with E-state index in [0.717, 1.165) is 35.3 Å². The first-order valence-corrected chi connectivity index (χ1v) is 8.00. The average molecular weight is 352 g/mol. The Morgan fingerprint density at radius 3 is 2.89 bits per heavy atom. The van der Waals surface area contributed by atoms with Crippen LogP contribution in [0.5, 0.6) is 0 Å². The van der Waals surface area contributed by atoms with Crippen LogP contribution < -0.4 is 5.73 Å². The lowest BCUT2D eigenvalue weighted by Gasteiger charge is -2.04. The van der Waals surface area contributed by atoms with E-state index < -0.39 is 0 Å². The van der Waals surface area contributed by atoms with E-state index in [0.29, 0.717) is 0 Å². The van der Waals surface area contributed by atoms with Gasteiger partial charge in [-0.3, -0.25) is 0 Å². The molecule has 0 saturated carbocycles. The third-order valence-electron chi connectivity index (χ3n) is 2.54. The largest absolute Gasteiger partial charge is 0.398 e. The van der Waals surface area contributed by atoms with Gasteiger partial charge >= 0.3 is 0 Å². The number of nitrogens with two attached hydrogens (primary N) is 1. The van der Waals surface area contributed by atoms with E-state index in [1.807, 2.05) is 31.2 Å². The first-order chi connectivity index (χ1) is 9.11. The number of aryl methyl sites for hydroxylation is 1. The summed E-state index contributed by atoms with van der Waals surface area (Å²) in [5.41, 5.74) is 7.86. The number of rotatable bonds is 2. The van der Waals surface area contributed by atoms with Gasteiger partial charge in [-0.25, -0.2) is 9.97 Å². The van der Waals surface area contributed by atoms with Crippen molar-refractivity contribution in [1.29, 1.82) is 0 Å². The molecule has 3 rings (SSSR count). The first kappa shape index (κ1) is 12.9. The Hall–Kier alpha value is -1.11. The Kier molecular flexibility index (Phi) is 3.47. The highest BCUT2D eigenvalue weighted by Crippen LogP contribution is 2.35. The van der Waals surface area contributed by atoms with Crippen molar-refractivity contribution in [2.45, 2.75) is 16.8 Å². The Morgan fingerprint density at radius 1 is 1.32 bits per heavy atom. The molecule has 3 nitrogen and oxygen atoms in total. The Morgan fingerprint density at radius 2 is 2.16 bits per heavy atom. The van der Waals surface area contributed by atoms with Crippen LogP contribution in [0, 0.1) is 6.92 Å². The van der Waals surface area contributed by atoms with Crippen molar-refractivity contribution in [3.8, 4) is 0 Å². The summed E-state index contributed by atoms with van der Waals surface area (Å²) in [6.45, 7) is 2.00. The van der Waals surface area contributed by atoms with Crippen LogP contribution in [-0.4, -0.2) is 9.97 Å². The molecule has 0 aliphatic heterocycles. The van der Waals surface area contributed by atoms with Crippen molar-refractivity contribution in [2.24, 2.45) is 0 Å². The van der Waals surface area contributed by atoms with Crippen LogP contribution in [0.2, 0.25) is 0 Å². The third-order valence-corrected chi connectivity index (χ3v) is 4.97. The molecule has 0 unspecified atom stereocenters. The summed E-state index contributed by atoms with van der Waals surface area (Å²) in [5, 5.41) is 1.97. The fraction of sp³-hybridized carbons (Fsp3) is 0.0769. The molecule has 6 heteroatoms. The summed E-state index contributed by atoms with van der Waals surface area (Å²) < 4.78 is 2.10. The van der Waals surface area contributed by atoms with Gasteiger partial charge in [-0.2, -0.15) is 0 Å². The normalized spacial score (nSPS) is 11.1. The number of hydrogen-bond donors (Lipinski definition) is 1. The molecule has 2 aromatic heterocycles. The predicted octanol–water partition coefficient (Wildman–Crippen LogP) is 4.50. The molecule has 2 N–H and O–H groups in total. The summed E-state index contributed by atoms with van der Waals surface area (Å²) in [7, 11) is 0. The number of benzene rings is 1. The quantitative estimate of drug-likeness (QED) is 0.690. The van der Waals surface area contributed by atoms with Gasteiger partial charge in [0.1, 0.15) is 5.03 Å². The van der Waals surface area contributed by atoms with Gasteiger partial charge in [0.15, 0.2) is 0 Å². The van der Waals surface area contributed by atoms with Crippen molar-refractivity contribution in [3.05, 3.63) is 39.9 Å². The predicted molar refractivity (Wildman–Crippen MR) is 84.8 cm³/mol.